The summed E-state index contributed by atoms with van der Waals surface area (Å²) >= 11 is 0. The number of rotatable bonds is 9. The highest BCUT2D eigenvalue weighted by Gasteiger charge is 2.18. The third-order valence-corrected chi connectivity index (χ3v) is 3.37. The maximum Gasteiger partial charge on any atom is 0.319 e. The number of hydrogen-bond acceptors (Lipinski definition) is 3. The van der Waals surface area contributed by atoms with Gasteiger partial charge in [-0.25, -0.2) is 4.79 Å². The number of anilines is 1. The molecule has 22 heavy (non-hydrogen) atoms. The molecule has 1 aromatic rings. The van der Waals surface area contributed by atoms with Crippen LogP contribution < -0.4 is 15.4 Å². The predicted octanol–water partition coefficient (Wildman–Crippen LogP) is 3.40. The van der Waals surface area contributed by atoms with E-state index in [0.717, 1.165) is 18.6 Å². The zero-order valence-corrected chi connectivity index (χ0v) is 13.8. The Balaban J connectivity index is 2.45. The van der Waals surface area contributed by atoms with E-state index in [2.05, 4.69) is 17.6 Å². The Bertz CT molecular complexity index is 461. The second kappa shape index (κ2) is 9.30. The maximum absolute atomic E-state index is 11.9. The minimum absolute atomic E-state index is 0.118. The highest BCUT2D eigenvalue weighted by Crippen LogP contribution is 2.19. The van der Waals surface area contributed by atoms with E-state index in [0.29, 0.717) is 25.3 Å². The molecule has 0 fully saturated rings. The van der Waals surface area contributed by atoms with Gasteiger partial charge in [0, 0.05) is 24.9 Å². The number of carbonyl (C=O) groups is 1. The van der Waals surface area contributed by atoms with Gasteiger partial charge in [0.1, 0.15) is 5.75 Å². The molecule has 1 rings (SSSR count). The molecule has 2 amide bonds. The summed E-state index contributed by atoms with van der Waals surface area (Å²) in [6, 6.07) is 7.12. The third-order valence-electron chi connectivity index (χ3n) is 3.37. The largest absolute Gasteiger partial charge is 0.494 e. The number of carbonyl (C=O) groups excluding carboxylic acids is 1. The fourth-order valence-corrected chi connectivity index (χ4v) is 1.88. The minimum Gasteiger partial charge on any atom is -0.494 e. The average Bonchev–Trinajstić information content (AvgIpc) is 2.46. The first kappa shape index (κ1) is 18.3. The Labute approximate surface area is 133 Å². The van der Waals surface area contributed by atoms with E-state index in [9.17, 15) is 4.79 Å². The van der Waals surface area contributed by atoms with Crippen molar-refractivity contribution in [2.45, 2.75) is 40.0 Å². The van der Waals surface area contributed by atoms with Crippen LogP contribution in [0, 0.1) is 5.41 Å². The normalized spacial score (nSPS) is 11.1. The fourth-order valence-electron chi connectivity index (χ4n) is 1.88. The number of ether oxygens (including phenoxy) is 1. The molecule has 124 valence electrons. The van der Waals surface area contributed by atoms with Crippen molar-refractivity contribution in [3.05, 3.63) is 24.3 Å². The van der Waals surface area contributed by atoms with Crippen LogP contribution in [0.4, 0.5) is 10.5 Å². The zero-order valence-electron chi connectivity index (χ0n) is 13.8. The number of unbranched alkanes of at least 4 members (excludes halogenated alkanes) is 1. The molecule has 5 nitrogen and oxygen atoms in total. The molecule has 0 heterocycles. The van der Waals surface area contributed by atoms with Gasteiger partial charge in [0.2, 0.25) is 0 Å². The lowest BCUT2D eigenvalue weighted by molar-refractivity contribution is 0.204. The van der Waals surface area contributed by atoms with Crippen molar-refractivity contribution in [1.82, 2.24) is 5.32 Å². The fraction of sp³-hybridized carbons (Fsp3) is 0.588. The number of aliphatic hydroxyl groups excluding tert-OH is 1. The van der Waals surface area contributed by atoms with E-state index in [1.165, 1.54) is 0 Å². The number of aliphatic hydroxyl groups is 1. The molecule has 3 N–H and O–H groups in total. The van der Waals surface area contributed by atoms with Gasteiger partial charge in [-0.05, 0) is 30.4 Å². The maximum atomic E-state index is 11.9. The molecule has 0 bridgehead atoms. The van der Waals surface area contributed by atoms with Crippen LogP contribution >= 0.6 is 0 Å². The van der Waals surface area contributed by atoms with E-state index in [1.807, 2.05) is 38.1 Å². The van der Waals surface area contributed by atoms with E-state index in [-0.39, 0.29) is 18.1 Å². The lowest BCUT2D eigenvalue weighted by Crippen LogP contribution is -2.37. The van der Waals surface area contributed by atoms with Gasteiger partial charge in [0.15, 0.2) is 0 Å². The van der Waals surface area contributed by atoms with Gasteiger partial charge in [-0.15, -0.1) is 0 Å². The lowest BCUT2D eigenvalue weighted by atomic mass is 9.90. The highest BCUT2D eigenvalue weighted by atomic mass is 16.5. The Morgan fingerprint density at radius 1 is 1.36 bits per heavy atom. The van der Waals surface area contributed by atoms with Crippen LogP contribution in [0.1, 0.15) is 40.0 Å². The van der Waals surface area contributed by atoms with Crippen LogP contribution in [-0.2, 0) is 0 Å². The van der Waals surface area contributed by atoms with E-state index in [1.54, 1.807) is 0 Å². The van der Waals surface area contributed by atoms with Crippen LogP contribution in [0.5, 0.6) is 5.75 Å². The van der Waals surface area contributed by atoms with Crippen LogP contribution in [0.3, 0.4) is 0 Å². The van der Waals surface area contributed by atoms with Crippen molar-refractivity contribution in [1.29, 1.82) is 0 Å². The van der Waals surface area contributed by atoms with Crippen LogP contribution in [-0.4, -0.2) is 30.9 Å². The molecule has 0 aromatic heterocycles. The van der Waals surface area contributed by atoms with Crippen molar-refractivity contribution in [2.24, 2.45) is 5.41 Å². The molecule has 0 saturated carbocycles. The summed E-state index contributed by atoms with van der Waals surface area (Å²) in [6.45, 7) is 7.43. The first-order chi connectivity index (χ1) is 10.5. The number of benzene rings is 1. The lowest BCUT2D eigenvalue weighted by Gasteiger charge is -2.23. The molecule has 0 atom stereocenters. The quantitative estimate of drug-likeness (QED) is 0.612. The molecule has 5 heteroatoms. The molecule has 0 spiro atoms. The Hall–Kier alpha value is -1.75. The smallest absolute Gasteiger partial charge is 0.319 e. The molecule has 0 radical (unpaired) electrons. The summed E-state index contributed by atoms with van der Waals surface area (Å²) in [6.07, 6.45) is 2.75. The molecule has 0 saturated heterocycles. The molecule has 0 aliphatic heterocycles. The van der Waals surface area contributed by atoms with Crippen LogP contribution in [0.15, 0.2) is 24.3 Å². The van der Waals surface area contributed by atoms with Gasteiger partial charge in [0.05, 0.1) is 6.61 Å². The Morgan fingerprint density at radius 2 is 2.14 bits per heavy atom. The highest BCUT2D eigenvalue weighted by molar-refractivity contribution is 5.89. The van der Waals surface area contributed by atoms with Crippen molar-refractivity contribution in [2.75, 3.05) is 25.1 Å². The van der Waals surface area contributed by atoms with Crippen molar-refractivity contribution in [3.63, 3.8) is 0 Å². The topological polar surface area (TPSA) is 70.6 Å². The summed E-state index contributed by atoms with van der Waals surface area (Å²) in [5.74, 6) is 0.756. The average molecular weight is 308 g/mol. The Kier molecular flexibility index (Phi) is 7.74. The molecular formula is C17H28N2O3. The van der Waals surface area contributed by atoms with Gasteiger partial charge in [-0.3, -0.25) is 0 Å². The van der Waals surface area contributed by atoms with Gasteiger partial charge in [-0.2, -0.15) is 0 Å². The number of urea groups is 1. The SMILES string of the molecule is CCCCOc1cccc(NC(=O)NCC(C)(C)CCO)c1. The summed E-state index contributed by atoms with van der Waals surface area (Å²) in [5.41, 5.74) is 0.573. The van der Waals surface area contributed by atoms with Gasteiger partial charge >= 0.3 is 6.03 Å². The molecule has 0 aliphatic rings. The minimum atomic E-state index is -0.253. The monoisotopic (exact) mass is 308 g/mol. The van der Waals surface area contributed by atoms with Crippen molar-refractivity contribution in [3.8, 4) is 5.75 Å². The van der Waals surface area contributed by atoms with Gasteiger partial charge < -0.3 is 20.5 Å². The third kappa shape index (κ3) is 7.31. The number of nitrogens with one attached hydrogen (secondary N) is 2. The molecule has 0 unspecified atom stereocenters. The van der Waals surface area contributed by atoms with E-state index in [4.69, 9.17) is 9.84 Å². The summed E-state index contributed by atoms with van der Waals surface area (Å²) in [4.78, 5) is 11.9. The summed E-state index contributed by atoms with van der Waals surface area (Å²) < 4.78 is 5.62. The zero-order chi connectivity index (χ0) is 16.4. The van der Waals surface area contributed by atoms with Crippen LogP contribution in [0.25, 0.3) is 0 Å². The second-order valence-electron chi connectivity index (χ2n) is 6.18. The molecule has 1 aromatic carbocycles. The van der Waals surface area contributed by atoms with Gasteiger partial charge in [-0.1, -0.05) is 33.3 Å². The summed E-state index contributed by atoms with van der Waals surface area (Å²) in [7, 11) is 0. The first-order valence-electron chi connectivity index (χ1n) is 7.85. The molecule has 0 aliphatic carbocycles. The molecular weight excluding hydrogens is 280 g/mol. The Morgan fingerprint density at radius 3 is 2.82 bits per heavy atom. The van der Waals surface area contributed by atoms with Crippen molar-refractivity contribution < 1.29 is 14.6 Å². The van der Waals surface area contributed by atoms with Crippen molar-refractivity contribution >= 4 is 11.7 Å². The van der Waals surface area contributed by atoms with Crippen LogP contribution in [0.2, 0.25) is 0 Å². The summed E-state index contributed by atoms with van der Waals surface area (Å²) in [5, 5.41) is 14.6. The number of hydrogen-bond donors (Lipinski definition) is 3. The second-order valence-corrected chi connectivity index (χ2v) is 6.18. The van der Waals surface area contributed by atoms with Gasteiger partial charge in [0.25, 0.3) is 0 Å². The standard InChI is InChI=1S/C17H28N2O3/c1-4-5-11-22-15-8-6-7-14(12-15)19-16(21)18-13-17(2,3)9-10-20/h6-8,12,20H,4-5,9-11,13H2,1-3H3,(H2,18,19,21). The first-order valence-corrected chi connectivity index (χ1v) is 7.85. The number of amides is 2. The van der Waals surface area contributed by atoms with E-state index < -0.39 is 0 Å². The predicted molar refractivity (Wildman–Crippen MR) is 89.4 cm³/mol. The van der Waals surface area contributed by atoms with E-state index >= 15 is 0 Å².